The Morgan fingerprint density at radius 3 is 2.68 bits per heavy atom. The van der Waals surface area contributed by atoms with E-state index in [9.17, 15) is 13.2 Å². The molecule has 0 aliphatic heterocycles. The van der Waals surface area contributed by atoms with Crippen molar-refractivity contribution < 1.29 is 18.4 Å². The van der Waals surface area contributed by atoms with Gasteiger partial charge in [0.05, 0.1) is 5.56 Å². The van der Waals surface area contributed by atoms with E-state index in [1.807, 2.05) is 0 Å². The van der Waals surface area contributed by atoms with E-state index in [0.29, 0.717) is 5.69 Å². The zero-order valence-corrected chi connectivity index (χ0v) is 11.6. The van der Waals surface area contributed by atoms with E-state index in [-0.39, 0.29) is 22.8 Å². The summed E-state index contributed by atoms with van der Waals surface area (Å²) in [5.41, 5.74) is 4.88. The number of nitrogens with zero attached hydrogens (tertiary/aromatic N) is 1. The van der Waals surface area contributed by atoms with Crippen LogP contribution in [-0.2, 0) is 6.18 Å². The monoisotopic (exact) mass is 339 g/mol. The molecule has 0 heterocycles. The average Bonchev–Trinajstić information content (AvgIpc) is 2.29. The summed E-state index contributed by atoms with van der Waals surface area (Å²) in [4.78, 5) is 0. The maximum absolute atomic E-state index is 12.7. The highest BCUT2D eigenvalue weighted by Crippen LogP contribution is 2.36. The number of alkyl halides is 3. The summed E-state index contributed by atoms with van der Waals surface area (Å²) in [5.74, 6) is 0.00755. The lowest BCUT2D eigenvalue weighted by Gasteiger charge is -2.16. The van der Waals surface area contributed by atoms with Crippen molar-refractivity contribution >= 4 is 27.5 Å². The fourth-order valence-corrected chi connectivity index (χ4v) is 1.99. The van der Waals surface area contributed by atoms with Crippen LogP contribution in [0.15, 0.2) is 27.8 Å². The quantitative estimate of drug-likeness (QED) is 0.340. The van der Waals surface area contributed by atoms with E-state index >= 15 is 0 Å². The van der Waals surface area contributed by atoms with Crippen LogP contribution in [0.3, 0.4) is 0 Å². The first-order valence-electron chi connectivity index (χ1n) is 5.33. The van der Waals surface area contributed by atoms with Crippen molar-refractivity contribution in [1.29, 1.82) is 0 Å². The highest BCUT2D eigenvalue weighted by atomic mass is 79.9. The molecule has 1 atom stereocenters. The molecule has 0 bridgehead atoms. The minimum absolute atomic E-state index is 0.00755. The summed E-state index contributed by atoms with van der Waals surface area (Å²) in [7, 11) is 0. The third kappa shape index (κ3) is 4.62. The molecule has 4 N–H and O–H groups in total. The second-order valence-electron chi connectivity index (χ2n) is 4.03. The van der Waals surface area contributed by atoms with E-state index in [0.717, 1.165) is 6.07 Å². The summed E-state index contributed by atoms with van der Waals surface area (Å²) >= 11 is 2.86. The molecule has 1 aromatic rings. The molecule has 0 amide bonds. The number of amidine groups is 1. The second-order valence-corrected chi connectivity index (χ2v) is 4.89. The average molecular weight is 340 g/mol. The first-order valence-corrected chi connectivity index (χ1v) is 6.13. The third-order valence-corrected chi connectivity index (χ3v) is 3.02. The molecule has 1 unspecified atom stereocenters. The molecule has 1 aromatic carbocycles. The fourth-order valence-electron chi connectivity index (χ4n) is 1.52. The Hall–Kier alpha value is -1.44. The summed E-state index contributed by atoms with van der Waals surface area (Å²) < 4.78 is 38.1. The molecule has 8 heteroatoms. The van der Waals surface area contributed by atoms with E-state index in [1.54, 1.807) is 6.92 Å². The topological polar surface area (TPSA) is 70.6 Å². The van der Waals surface area contributed by atoms with Gasteiger partial charge in [-0.1, -0.05) is 21.1 Å². The molecule has 0 saturated heterocycles. The first kappa shape index (κ1) is 15.6. The lowest BCUT2D eigenvalue weighted by atomic mass is 10.1. The molecule has 19 heavy (non-hydrogen) atoms. The second kappa shape index (κ2) is 6.14. The normalized spacial score (nSPS) is 14.3. The fraction of sp³-hybridized carbons (Fsp3) is 0.364. The van der Waals surface area contributed by atoms with Gasteiger partial charge < -0.3 is 16.3 Å². The van der Waals surface area contributed by atoms with Gasteiger partial charge in [0.1, 0.15) is 5.84 Å². The molecule has 106 valence electrons. The number of hydrogen-bond donors (Lipinski definition) is 3. The van der Waals surface area contributed by atoms with Gasteiger partial charge in [0.15, 0.2) is 0 Å². The lowest BCUT2D eigenvalue weighted by Crippen LogP contribution is -2.24. The summed E-state index contributed by atoms with van der Waals surface area (Å²) in [6.07, 6.45) is -4.21. The largest absolute Gasteiger partial charge is 0.417 e. The number of rotatable bonds is 4. The van der Waals surface area contributed by atoms with Crippen LogP contribution in [0.25, 0.3) is 0 Å². The molecule has 0 aliphatic carbocycles. The molecular formula is C11H13BrF3N3O. The van der Waals surface area contributed by atoms with Crippen LogP contribution in [0, 0.1) is 0 Å². The van der Waals surface area contributed by atoms with Crippen molar-refractivity contribution in [3.63, 3.8) is 0 Å². The van der Waals surface area contributed by atoms with Crippen LogP contribution in [0.1, 0.15) is 18.9 Å². The maximum atomic E-state index is 12.7. The van der Waals surface area contributed by atoms with Gasteiger partial charge >= 0.3 is 6.18 Å². The lowest BCUT2D eigenvalue weighted by molar-refractivity contribution is -0.138. The van der Waals surface area contributed by atoms with Crippen LogP contribution in [-0.4, -0.2) is 17.1 Å². The molecule has 4 nitrogen and oxygen atoms in total. The van der Waals surface area contributed by atoms with Crippen molar-refractivity contribution in [3.8, 4) is 0 Å². The van der Waals surface area contributed by atoms with Crippen LogP contribution < -0.4 is 11.1 Å². The Morgan fingerprint density at radius 1 is 1.53 bits per heavy atom. The smallest absolute Gasteiger partial charge is 0.409 e. The first-order chi connectivity index (χ1) is 8.74. The highest BCUT2D eigenvalue weighted by molar-refractivity contribution is 9.10. The van der Waals surface area contributed by atoms with Gasteiger partial charge in [-0.05, 0) is 25.1 Å². The van der Waals surface area contributed by atoms with Gasteiger partial charge in [-0.15, -0.1) is 0 Å². The van der Waals surface area contributed by atoms with Crippen LogP contribution in [0.4, 0.5) is 18.9 Å². The summed E-state index contributed by atoms with van der Waals surface area (Å²) in [6, 6.07) is 3.58. The summed E-state index contributed by atoms with van der Waals surface area (Å²) in [5, 5.41) is 14.1. The van der Waals surface area contributed by atoms with Gasteiger partial charge in [0.2, 0.25) is 0 Å². The van der Waals surface area contributed by atoms with Gasteiger partial charge in [0, 0.05) is 22.6 Å². The maximum Gasteiger partial charge on any atom is 0.417 e. The van der Waals surface area contributed by atoms with E-state index in [1.165, 1.54) is 12.1 Å². The van der Waals surface area contributed by atoms with E-state index < -0.39 is 11.7 Å². The van der Waals surface area contributed by atoms with Gasteiger partial charge in [-0.25, -0.2) is 0 Å². The van der Waals surface area contributed by atoms with Crippen molar-refractivity contribution in [3.05, 3.63) is 28.2 Å². The standard InChI is InChI=1S/C11H13BrF3N3O/c1-6(4-10(16)18-19)17-7-2-3-9(12)8(5-7)11(13,14)15/h2-3,5-6,17,19H,4H2,1H3,(H2,16,18). The zero-order valence-electron chi connectivity index (χ0n) is 10.0. The Morgan fingerprint density at radius 2 is 2.16 bits per heavy atom. The van der Waals surface area contributed by atoms with Crippen LogP contribution in [0.2, 0.25) is 0 Å². The Kier molecular flexibility index (Phi) is 5.04. The third-order valence-electron chi connectivity index (χ3n) is 2.33. The number of halogens is 4. The molecule has 1 rings (SSSR count). The van der Waals surface area contributed by atoms with Crippen LogP contribution >= 0.6 is 15.9 Å². The minimum atomic E-state index is -4.43. The predicted octanol–water partition coefficient (Wildman–Crippen LogP) is 3.40. The number of hydrogen-bond acceptors (Lipinski definition) is 3. The van der Waals surface area contributed by atoms with Crippen molar-refractivity contribution in [1.82, 2.24) is 0 Å². The van der Waals surface area contributed by atoms with E-state index in [4.69, 9.17) is 10.9 Å². The molecule has 0 aliphatic rings. The molecule has 0 spiro atoms. The van der Waals surface area contributed by atoms with Gasteiger partial charge in [-0.2, -0.15) is 13.2 Å². The van der Waals surface area contributed by atoms with Gasteiger partial charge in [-0.3, -0.25) is 0 Å². The highest BCUT2D eigenvalue weighted by Gasteiger charge is 2.33. The van der Waals surface area contributed by atoms with Crippen LogP contribution in [0.5, 0.6) is 0 Å². The van der Waals surface area contributed by atoms with Crippen molar-refractivity contribution in [2.45, 2.75) is 25.6 Å². The molecular weight excluding hydrogens is 327 g/mol. The van der Waals surface area contributed by atoms with Gasteiger partial charge in [0.25, 0.3) is 0 Å². The Labute approximate surface area is 116 Å². The number of oxime groups is 1. The Bertz CT molecular complexity index is 477. The minimum Gasteiger partial charge on any atom is -0.409 e. The van der Waals surface area contributed by atoms with Crippen molar-refractivity contribution in [2.24, 2.45) is 10.9 Å². The van der Waals surface area contributed by atoms with Crippen molar-refractivity contribution in [2.75, 3.05) is 5.32 Å². The number of nitrogens with one attached hydrogen (secondary N) is 1. The number of nitrogens with two attached hydrogens (primary N) is 1. The summed E-state index contributed by atoms with van der Waals surface area (Å²) in [6.45, 7) is 1.72. The predicted molar refractivity (Wildman–Crippen MR) is 70.3 cm³/mol. The van der Waals surface area contributed by atoms with E-state index in [2.05, 4.69) is 26.4 Å². The SMILES string of the molecule is CC(CC(N)=NO)Nc1ccc(Br)c(C(F)(F)F)c1. The zero-order chi connectivity index (χ0) is 14.6. The molecule has 0 fully saturated rings. The molecule has 0 saturated carbocycles. The molecule has 0 aromatic heterocycles. The number of benzene rings is 1. The Balaban J connectivity index is 2.86. The molecule has 0 radical (unpaired) electrons. The number of anilines is 1.